The second-order valence-corrected chi connectivity index (χ2v) is 9.89. The van der Waals surface area contributed by atoms with E-state index in [1.54, 1.807) is 60.7 Å². The van der Waals surface area contributed by atoms with Crippen molar-refractivity contribution in [2.75, 3.05) is 16.4 Å². The highest BCUT2D eigenvalue weighted by Crippen LogP contribution is 2.23. The first-order chi connectivity index (χ1) is 18.9. The quantitative estimate of drug-likeness (QED) is 0.0977. The standard InChI is InChI=1S/C28H22N4O5S2/c33-26(29-21-9-11-23(12-10-21)32(36)37)18-39-24-8-4-7-22(16-24)30-28(35)25(15-19-13-14-38-17-19)31-27(34)20-5-2-1-3-6-20/h1-17H,18H2,(H,29,33)(H,30,35)(H,31,34)/b25-15-. The highest BCUT2D eigenvalue weighted by atomic mass is 32.2. The van der Waals surface area contributed by atoms with Crippen LogP contribution in [-0.2, 0) is 9.59 Å². The lowest BCUT2D eigenvalue weighted by Gasteiger charge is -2.12. The maximum Gasteiger partial charge on any atom is 0.272 e. The number of rotatable bonds is 10. The zero-order valence-corrected chi connectivity index (χ0v) is 22.0. The van der Waals surface area contributed by atoms with Crippen LogP contribution in [0.4, 0.5) is 17.1 Å². The van der Waals surface area contributed by atoms with Gasteiger partial charge in [0.15, 0.2) is 0 Å². The first kappa shape index (κ1) is 27.3. The third-order valence-electron chi connectivity index (χ3n) is 5.21. The van der Waals surface area contributed by atoms with Gasteiger partial charge < -0.3 is 16.0 Å². The van der Waals surface area contributed by atoms with Gasteiger partial charge in [-0.25, -0.2) is 0 Å². The van der Waals surface area contributed by atoms with Crippen LogP contribution < -0.4 is 16.0 Å². The second kappa shape index (κ2) is 13.2. The van der Waals surface area contributed by atoms with E-state index in [1.165, 1.54) is 47.4 Å². The molecule has 196 valence electrons. The zero-order valence-electron chi connectivity index (χ0n) is 20.3. The Hall–Kier alpha value is -4.74. The Labute approximate surface area is 232 Å². The minimum atomic E-state index is -0.509. The van der Waals surface area contributed by atoms with Crippen molar-refractivity contribution in [3.05, 3.63) is 123 Å². The summed E-state index contributed by atoms with van der Waals surface area (Å²) < 4.78 is 0. The number of carbonyl (C=O) groups is 3. The highest BCUT2D eigenvalue weighted by Gasteiger charge is 2.16. The van der Waals surface area contributed by atoms with Crippen molar-refractivity contribution in [1.82, 2.24) is 5.32 Å². The molecule has 0 unspecified atom stereocenters. The van der Waals surface area contributed by atoms with E-state index in [2.05, 4.69) is 16.0 Å². The smallest absolute Gasteiger partial charge is 0.272 e. The summed E-state index contributed by atoms with van der Waals surface area (Å²) in [5.74, 6) is -1.10. The molecule has 0 aliphatic carbocycles. The number of hydrogen-bond donors (Lipinski definition) is 3. The average Bonchev–Trinajstić information content (AvgIpc) is 3.46. The molecule has 11 heteroatoms. The molecule has 9 nitrogen and oxygen atoms in total. The number of nitrogens with one attached hydrogen (secondary N) is 3. The largest absolute Gasteiger partial charge is 0.325 e. The molecular formula is C28H22N4O5S2. The summed E-state index contributed by atoms with van der Waals surface area (Å²) in [6, 6.07) is 23.0. The number of thiophene rings is 1. The molecule has 4 aromatic rings. The predicted molar refractivity (Wildman–Crippen MR) is 154 cm³/mol. The molecule has 3 aromatic carbocycles. The van der Waals surface area contributed by atoms with Crippen molar-refractivity contribution < 1.29 is 19.3 Å². The number of nitro benzene ring substituents is 1. The lowest BCUT2D eigenvalue weighted by molar-refractivity contribution is -0.384. The van der Waals surface area contributed by atoms with Gasteiger partial charge in [0.05, 0.1) is 10.7 Å². The molecule has 0 aliphatic rings. The maximum atomic E-state index is 13.1. The van der Waals surface area contributed by atoms with Crippen LogP contribution in [-0.4, -0.2) is 28.4 Å². The number of carbonyl (C=O) groups excluding carboxylic acids is 3. The van der Waals surface area contributed by atoms with Gasteiger partial charge in [-0.3, -0.25) is 24.5 Å². The minimum absolute atomic E-state index is 0.0609. The van der Waals surface area contributed by atoms with Gasteiger partial charge in [-0.05, 0) is 70.9 Å². The van der Waals surface area contributed by atoms with Crippen LogP contribution in [0.5, 0.6) is 0 Å². The van der Waals surface area contributed by atoms with Gasteiger partial charge in [0.2, 0.25) is 5.91 Å². The number of amides is 3. The fraction of sp³-hybridized carbons (Fsp3) is 0.0357. The molecule has 3 N–H and O–H groups in total. The average molecular weight is 559 g/mol. The van der Waals surface area contributed by atoms with Crippen molar-refractivity contribution in [3.8, 4) is 0 Å². The van der Waals surface area contributed by atoms with Gasteiger partial charge in [-0.2, -0.15) is 11.3 Å². The topological polar surface area (TPSA) is 130 Å². The molecule has 0 fully saturated rings. The summed E-state index contributed by atoms with van der Waals surface area (Å²) in [5, 5.41) is 22.7. The van der Waals surface area contributed by atoms with Crippen molar-refractivity contribution >= 4 is 64.0 Å². The molecule has 39 heavy (non-hydrogen) atoms. The van der Waals surface area contributed by atoms with E-state index in [1.807, 2.05) is 16.8 Å². The molecule has 0 saturated carbocycles. The molecule has 0 spiro atoms. The molecular weight excluding hydrogens is 536 g/mol. The van der Waals surface area contributed by atoms with Gasteiger partial charge in [-0.15, -0.1) is 11.8 Å². The van der Waals surface area contributed by atoms with E-state index in [-0.39, 0.29) is 23.0 Å². The number of hydrogen-bond acceptors (Lipinski definition) is 7. The Morgan fingerprint density at radius 3 is 2.36 bits per heavy atom. The first-order valence-electron chi connectivity index (χ1n) is 11.6. The molecule has 0 bridgehead atoms. The molecule has 0 aliphatic heterocycles. The van der Waals surface area contributed by atoms with Gasteiger partial charge in [-0.1, -0.05) is 24.3 Å². The molecule has 0 atom stereocenters. The zero-order chi connectivity index (χ0) is 27.6. The predicted octanol–water partition coefficient (Wildman–Crippen LogP) is 5.80. The van der Waals surface area contributed by atoms with Crippen LogP contribution in [0.15, 0.2) is 106 Å². The number of nitrogens with zero attached hydrogens (tertiary/aromatic N) is 1. The summed E-state index contributed by atoms with van der Waals surface area (Å²) in [4.78, 5) is 49.2. The van der Waals surface area contributed by atoms with Crippen molar-refractivity contribution in [2.45, 2.75) is 4.90 Å². The highest BCUT2D eigenvalue weighted by molar-refractivity contribution is 8.00. The number of nitro groups is 1. The number of non-ortho nitro benzene ring substituents is 1. The third kappa shape index (κ3) is 8.12. The van der Waals surface area contributed by atoms with E-state index in [0.29, 0.717) is 16.9 Å². The van der Waals surface area contributed by atoms with Crippen LogP contribution in [0.25, 0.3) is 6.08 Å². The number of anilines is 2. The first-order valence-corrected chi connectivity index (χ1v) is 13.5. The summed E-state index contributed by atoms with van der Waals surface area (Å²) >= 11 is 2.74. The minimum Gasteiger partial charge on any atom is -0.325 e. The molecule has 3 amide bonds. The Morgan fingerprint density at radius 1 is 0.897 bits per heavy atom. The van der Waals surface area contributed by atoms with E-state index >= 15 is 0 Å². The van der Waals surface area contributed by atoms with E-state index in [0.717, 1.165) is 10.5 Å². The molecule has 1 heterocycles. The lowest BCUT2D eigenvalue weighted by Crippen LogP contribution is -2.30. The summed E-state index contributed by atoms with van der Waals surface area (Å²) in [7, 11) is 0. The van der Waals surface area contributed by atoms with Crippen LogP contribution >= 0.6 is 23.1 Å². The van der Waals surface area contributed by atoms with E-state index in [4.69, 9.17) is 0 Å². The lowest BCUT2D eigenvalue weighted by atomic mass is 10.2. The van der Waals surface area contributed by atoms with Crippen molar-refractivity contribution in [1.29, 1.82) is 0 Å². The van der Waals surface area contributed by atoms with Crippen LogP contribution in [0.2, 0.25) is 0 Å². The summed E-state index contributed by atoms with van der Waals surface area (Å²) in [6.07, 6.45) is 1.60. The van der Waals surface area contributed by atoms with E-state index < -0.39 is 16.7 Å². The third-order valence-corrected chi connectivity index (χ3v) is 6.90. The van der Waals surface area contributed by atoms with Crippen molar-refractivity contribution in [3.63, 3.8) is 0 Å². The number of thioether (sulfide) groups is 1. The SMILES string of the molecule is O=C(CSc1cccc(NC(=O)/C(=C/c2ccsc2)NC(=O)c2ccccc2)c1)Nc1ccc([N+](=O)[O-])cc1. The van der Waals surface area contributed by atoms with Gasteiger partial charge in [0.25, 0.3) is 17.5 Å². The Balaban J connectivity index is 1.39. The van der Waals surface area contributed by atoms with Crippen LogP contribution in [0.3, 0.4) is 0 Å². The number of benzene rings is 3. The van der Waals surface area contributed by atoms with Gasteiger partial charge in [0, 0.05) is 34.0 Å². The summed E-state index contributed by atoms with van der Waals surface area (Å²) in [5.41, 5.74) is 2.17. The molecule has 0 saturated heterocycles. The summed E-state index contributed by atoms with van der Waals surface area (Å²) in [6.45, 7) is 0. The fourth-order valence-electron chi connectivity index (χ4n) is 3.34. The Bertz CT molecular complexity index is 1500. The van der Waals surface area contributed by atoms with Crippen molar-refractivity contribution in [2.24, 2.45) is 0 Å². The maximum absolute atomic E-state index is 13.1. The van der Waals surface area contributed by atoms with Gasteiger partial charge in [0.1, 0.15) is 5.70 Å². The van der Waals surface area contributed by atoms with Crippen LogP contribution in [0.1, 0.15) is 15.9 Å². The molecule has 0 radical (unpaired) electrons. The molecule has 4 rings (SSSR count). The monoisotopic (exact) mass is 558 g/mol. The second-order valence-electron chi connectivity index (χ2n) is 8.06. The van der Waals surface area contributed by atoms with Gasteiger partial charge >= 0.3 is 0 Å². The van der Waals surface area contributed by atoms with E-state index in [9.17, 15) is 24.5 Å². The van der Waals surface area contributed by atoms with Crippen LogP contribution in [0, 0.1) is 10.1 Å². The Morgan fingerprint density at radius 2 is 1.67 bits per heavy atom. The molecule has 1 aromatic heterocycles. The Kier molecular flexibility index (Phi) is 9.22. The normalized spacial score (nSPS) is 10.9. The fourth-order valence-corrected chi connectivity index (χ4v) is 4.71.